The van der Waals surface area contributed by atoms with E-state index in [0.717, 1.165) is 19.3 Å². The van der Waals surface area contributed by atoms with Crippen molar-refractivity contribution in [3.63, 3.8) is 0 Å². The zero-order chi connectivity index (χ0) is 26.9. The molecule has 39 heavy (non-hydrogen) atoms. The average molecular weight is 542 g/mol. The first kappa shape index (κ1) is 24.5. The fourth-order valence-electron chi connectivity index (χ4n) is 4.85. The number of pyridine rings is 1. The third-order valence-electron chi connectivity index (χ3n) is 6.62. The van der Waals surface area contributed by atoms with Gasteiger partial charge in [-0.25, -0.2) is 19.7 Å². The number of nitrogens with zero attached hydrogens (tertiary/aromatic N) is 4. The van der Waals surface area contributed by atoms with Crippen molar-refractivity contribution < 1.29 is 19.1 Å². The number of carbonyl (C=O) groups excluding carboxylic acids is 3. The van der Waals surface area contributed by atoms with Crippen molar-refractivity contribution in [1.82, 2.24) is 25.6 Å². The summed E-state index contributed by atoms with van der Waals surface area (Å²) >= 11 is 1.20. The third kappa shape index (κ3) is 4.66. The molecule has 6 rings (SSSR count). The highest BCUT2D eigenvalue weighted by Gasteiger charge is 2.35. The first-order valence-corrected chi connectivity index (χ1v) is 13.1. The Kier molecular flexibility index (Phi) is 6.37. The van der Waals surface area contributed by atoms with E-state index < -0.39 is 6.03 Å². The van der Waals surface area contributed by atoms with E-state index in [9.17, 15) is 14.4 Å². The Morgan fingerprint density at radius 1 is 1.08 bits per heavy atom. The zero-order valence-electron chi connectivity index (χ0n) is 20.6. The fraction of sp³-hybridized carbons (Fsp3) is 0.185. The number of rotatable bonds is 7. The number of amides is 4. The molecule has 11 nitrogen and oxygen atoms in total. The van der Waals surface area contributed by atoms with Gasteiger partial charge in [0.2, 0.25) is 5.91 Å². The molecule has 0 saturated heterocycles. The molecule has 1 unspecified atom stereocenters. The number of ether oxygens (including phenoxy) is 1. The van der Waals surface area contributed by atoms with Crippen LogP contribution in [0.15, 0.2) is 67.6 Å². The molecule has 4 aromatic rings. The SMILES string of the molecule is C=CC(=O)N[C@@H]1CCCC1NC(=O)c1sc2nccc3c2c1NC(=O)N3c1cnc(Oc2ccccc2)nc1. The number of benzene rings is 1. The Morgan fingerprint density at radius 3 is 2.56 bits per heavy atom. The summed E-state index contributed by atoms with van der Waals surface area (Å²) < 4.78 is 5.66. The number of anilines is 3. The highest BCUT2D eigenvalue weighted by Crippen LogP contribution is 2.45. The number of carbonyl (C=O) groups is 3. The second kappa shape index (κ2) is 10.1. The Balaban J connectivity index is 1.27. The zero-order valence-corrected chi connectivity index (χ0v) is 21.4. The van der Waals surface area contributed by atoms with Crippen molar-refractivity contribution in [2.75, 3.05) is 10.2 Å². The van der Waals surface area contributed by atoms with Crippen LogP contribution in [0.4, 0.5) is 21.9 Å². The molecule has 0 bridgehead atoms. The molecule has 2 atom stereocenters. The largest absolute Gasteiger partial charge is 0.424 e. The minimum atomic E-state index is -0.459. The first-order chi connectivity index (χ1) is 19.0. The molecular formula is C27H23N7O4S. The van der Waals surface area contributed by atoms with Gasteiger partial charge in [0, 0.05) is 18.3 Å². The van der Waals surface area contributed by atoms with Gasteiger partial charge in [-0.3, -0.25) is 14.5 Å². The second-order valence-electron chi connectivity index (χ2n) is 9.05. The molecule has 3 aromatic heterocycles. The summed E-state index contributed by atoms with van der Waals surface area (Å²) in [5.41, 5.74) is 1.40. The molecule has 2 aliphatic rings. The lowest BCUT2D eigenvalue weighted by Crippen LogP contribution is -2.48. The summed E-state index contributed by atoms with van der Waals surface area (Å²) in [6.07, 6.45) is 8.19. The molecule has 1 aliphatic heterocycles. The maximum Gasteiger partial charge on any atom is 0.331 e. The molecule has 1 aliphatic carbocycles. The highest BCUT2D eigenvalue weighted by molar-refractivity contribution is 7.21. The van der Waals surface area contributed by atoms with E-state index in [1.807, 2.05) is 18.2 Å². The molecule has 196 valence electrons. The van der Waals surface area contributed by atoms with Crippen LogP contribution in [-0.4, -0.2) is 44.9 Å². The summed E-state index contributed by atoms with van der Waals surface area (Å²) in [4.78, 5) is 53.8. The van der Waals surface area contributed by atoms with E-state index in [1.54, 1.807) is 24.4 Å². The first-order valence-electron chi connectivity index (χ1n) is 12.3. The van der Waals surface area contributed by atoms with Gasteiger partial charge in [-0.1, -0.05) is 24.8 Å². The molecular weight excluding hydrogens is 518 g/mol. The standard InChI is InChI=1S/C27H23N7O4S/c1-2-20(35)31-17-9-6-10-18(17)32-24(36)23-22-21-19(11-12-28-25(21)39-23)34(27(37)33-22)15-13-29-26(30-14-15)38-16-7-4-3-5-8-16/h2-5,7-8,11-14,17-18H,1,6,9-10H2,(H,31,35)(H,32,36)(H,33,37)/t17-,18?/m1/s1. The van der Waals surface area contributed by atoms with Crippen LogP contribution in [0.2, 0.25) is 0 Å². The topological polar surface area (TPSA) is 138 Å². The summed E-state index contributed by atoms with van der Waals surface area (Å²) in [6, 6.07) is 10.1. The van der Waals surface area contributed by atoms with Crippen molar-refractivity contribution in [3.8, 4) is 11.8 Å². The predicted octanol–water partition coefficient (Wildman–Crippen LogP) is 4.52. The number of para-hydroxylation sites is 1. The molecule has 1 aromatic carbocycles. The third-order valence-corrected chi connectivity index (χ3v) is 7.72. The Morgan fingerprint density at radius 2 is 1.82 bits per heavy atom. The normalized spacial score (nSPS) is 17.9. The molecule has 12 heteroatoms. The molecule has 4 amide bonds. The summed E-state index contributed by atoms with van der Waals surface area (Å²) in [5, 5.41) is 9.43. The van der Waals surface area contributed by atoms with Crippen molar-refractivity contribution in [2.24, 2.45) is 0 Å². The average Bonchev–Trinajstić information content (AvgIpc) is 3.54. The van der Waals surface area contributed by atoms with Crippen LogP contribution in [-0.2, 0) is 4.79 Å². The van der Waals surface area contributed by atoms with E-state index in [0.29, 0.717) is 37.9 Å². The predicted molar refractivity (Wildman–Crippen MR) is 147 cm³/mol. The smallest absolute Gasteiger partial charge is 0.331 e. The Bertz CT molecular complexity index is 1590. The van der Waals surface area contributed by atoms with Crippen molar-refractivity contribution in [1.29, 1.82) is 0 Å². The van der Waals surface area contributed by atoms with E-state index in [2.05, 4.69) is 37.5 Å². The number of hydrogen-bond donors (Lipinski definition) is 3. The quantitative estimate of drug-likeness (QED) is 0.293. The van der Waals surface area contributed by atoms with Gasteiger partial charge in [-0.2, -0.15) is 0 Å². The van der Waals surface area contributed by atoms with Crippen LogP contribution < -0.4 is 25.6 Å². The van der Waals surface area contributed by atoms with Crippen LogP contribution in [0, 0.1) is 0 Å². The monoisotopic (exact) mass is 541 g/mol. The van der Waals surface area contributed by atoms with Gasteiger partial charge in [0.1, 0.15) is 15.5 Å². The van der Waals surface area contributed by atoms with Crippen LogP contribution in [0.3, 0.4) is 0 Å². The van der Waals surface area contributed by atoms with E-state index >= 15 is 0 Å². The molecule has 1 fully saturated rings. The van der Waals surface area contributed by atoms with Gasteiger partial charge in [0.25, 0.3) is 5.91 Å². The molecule has 1 saturated carbocycles. The molecule has 3 N–H and O–H groups in total. The van der Waals surface area contributed by atoms with Gasteiger partial charge >= 0.3 is 12.0 Å². The summed E-state index contributed by atoms with van der Waals surface area (Å²) in [6.45, 7) is 3.49. The Hall–Kier alpha value is -4.84. The maximum absolute atomic E-state index is 13.4. The van der Waals surface area contributed by atoms with Crippen molar-refractivity contribution >= 4 is 56.5 Å². The van der Waals surface area contributed by atoms with Gasteiger partial charge in [-0.15, -0.1) is 11.3 Å². The number of nitrogens with one attached hydrogen (secondary N) is 3. The van der Waals surface area contributed by atoms with Crippen LogP contribution in [0.25, 0.3) is 10.2 Å². The fourth-order valence-corrected chi connectivity index (χ4v) is 5.88. The van der Waals surface area contributed by atoms with Crippen molar-refractivity contribution in [3.05, 3.63) is 72.5 Å². The summed E-state index contributed by atoms with van der Waals surface area (Å²) in [5.74, 6) is -0.0105. The molecule has 0 spiro atoms. The molecule has 4 heterocycles. The van der Waals surface area contributed by atoms with E-state index in [1.165, 1.54) is 34.7 Å². The van der Waals surface area contributed by atoms with E-state index in [4.69, 9.17) is 4.74 Å². The van der Waals surface area contributed by atoms with Crippen LogP contribution >= 0.6 is 11.3 Å². The number of hydrogen-bond acceptors (Lipinski definition) is 8. The summed E-state index contributed by atoms with van der Waals surface area (Å²) in [7, 11) is 0. The maximum atomic E-state index is 13.4. The van der Waals surface area contributed by atoms with Gasteiger partial charge in [-0.05, 0) is 43.5 Å². The minimum Gasteiger partial charge on any atom is -0.424 e. The molecule has 0 radical (unpaired) electrons. The van der Waals surface area contributed by atoms with E-state index in [-0.39, 0.29) is 29.9 Å². The highest BCUT2D eigenvalue weighted by atomic mass is 32.1. The van der Waals surface area contributed by atoms with Gasteiger partial charge in [0.05, 0.1) is 34.8 Å². The lowest BCUT2D eigenvalue weighted by Gasteiger charge is -2.28. The minimum absolute atomic E-state index is 0.145. The lowest BCUT2D eigenvalue weighted by molar-refractivity contribution is -0.117. The van der Waals surface area contributed by atoms with Crippen LogP contribution in [0.5, 0.6) is 11.8 Å². The van der Waals surface area contributed by atoms with Gasteiger partial charge in [0.15, 0.2) is 0 Å². The number of urea groups is 1. The van der Waals surface area contributed by atoms with Crippen molar-refractivity contribution in [2.45, 2.75) is 31.3 Å². The Labute approximate surface area is 226 Å². The van der Waals surface area contributed by atoms with Gasteiger partial charge < -0.3 is 20.7 Å². The van der Waals surface area contributed by atoms with Crippen LogP contribution in [0.1, 0.15) is 28.9 Å². The second-order valence-corrected chi connectivity index (χ2v) is 10.1. The number of aromatic nitrogens is 3. The number of thiophene rings is 1. The lowest BCUT2D eigenvalue weighted by atomic mass is 10.1.